The summed E-state index contributed by atoms with van der Waals surface area (Å²) in [6, 6.07) is 11.8. The van der Waals surface area contributed by atoms with Crippen LogP contribution in [0.3, 0.4) is 0 Å². The lowest BCUT2D eigenvalue weighted by atomic mass is 10.0. The molecule has 2 aromatic carbocycles. The standard InChI is InChI=1S/C29H36ClN3O4/c30-24-18-21(8-13-26(24)37-23-11-12-23)27(34)25(19-32-14-4-5-15-32)31-29(36)28(35)20-6-9-22(10-7-20)33-16-2-1-3-17-33/h6-10,13,18,23,25,27,34H,1-5,11-12,14-17,19H2,(H,31,36). The minimum Gasteiger partial charge on any atom is -0.489 e. The number of aliphatic hydroxyl groups excluding tert-OH is 1. The molecule has 2 N–H and O–H groups in total. The van der Waals surface area contributed by atoms with Crippen LogP contribution in [0.1, 0.15) is 67.0 Å². The molecule has 1 saturated carbocycles. The highest BCUT2D eigenvalue weighted by Crippen LogP contribution is 2.34. The van der Waals surface area contributed by atoms with Gasteiger partial charge in [0.2, 0.25) is 5.78 Å². The van der Waals surface area contributed by atoms with Crippen LogP contribution < -0.4 is 15.0 Å². The van der Waals surface area contributed by atoms with E-state index >= 15 is 0 Å². The number of ether oxygens (including phenoxy) is 1. The van der Waals surface area contributed by atoms with Gasteiger partial charge in [-0.05, 0) is 100.0 Å². The van der Waals surface area contributed by atoms with Crippen molar-refractivity contribution in [2.45, 2.75) is 63.2 Å². The molecule has 1 amide bonds. The quantitative estimate of drug-likeness (QED) is 0.354. The van der Waals surface area contributed by atoms with Crippen molar-refractivity contribution in [3.63, 3.8) is 0 Å². The lowest BCUT2D eigenvalue weighted by Gasteiger charge is -2.29. The van der Waals surface area contributed by atoms with E-state index in [9.17, 15) is 14.7 Å². The fourth-order valence-corrected chi connectivity index (χ4v) is 5.44. The van der Waals surface area contributed by atoms with Gasteiger partial charge in [0.1, 0.15) is 11.9 Å². The van der Waals surface area contributed by atoms with Crippen LogP contribution in [0.2, 0.25) is 5.02 Å². The number of nitrogens with one attached hydrogen (secondary N) is 1. The SMILES string of the molecule is O=C(NC(CN1CCCC1)C(O)c1ccc(OC2CC2)c(Cl)c1)C(=O)c1ccc(N2CCCCC2)cc1. The van der Waals surface area contributed by atoms with Crippen LogP contribution in [0.15, 0.2) is 42.5 Å². The van der Waals surface area contributed by atoms with Gasteiger partial charge in [0.15, 0.2) is 0 Å². The van der Waals surface area contributed by atoms with Gasteiger partial charge in [-0.25, -0.2) is 0 Å². The number of likely N-dealkylation sites (tertiary alicyclic amines) is 1. The van der Waals surface area contributed by atoms with Crippen LogP contribution in [0.4, 0.5) is 5.69 Å². The van der Waals surface area contributed by atoms with Crippen molar-refractivity contribution in [2.24, 2.45) is 0 Å². The molecule has 1 aliphatic carbocycles. The summed E-state index contributed by atoms with van der Waals surface area (Å²) in [6.45, 7) is 4.29. The van der Waals surface area contributed by atoms with Crippen LogP contribution in [-0.2, 0) is 4.79 Å². The van der Waals surface area contributed by atoms with E-state index in [0.717, 1.165) is 57.5 Å². The number of benzene rings is 2. The first kappa shape index (κ1) is 26.0. The molecule has 3 aliphatic rings. The van der Waals surface area contributed by atoms with Gasteiger partial charge in [-0.15, -0.1) is 0 Å². The zero-order chi connectivity index (χ0) is 25.8. The van der Waals surface area contributed by atoms with E-state index in [1.807, 2.05) is 12.1 Å². The summed E-state index contributed by atoms with van der Waals surface area (Å²) in [6.07, 6.45) is 7.01. The third kappa shape index (κ3) is 6.64. The Balaban J connectivity index is 1.27. The van der Waals surface area contributed by atoms with Crippen molar-refractivity contribution < 1.29 is 19.4 Å². The molecule has 5 rings (SSSR count). The van der Waals surface area contributed by atoms with Gasteiger partial charge in [-0.3, -0.25) is 9.59 Å². The molecule has 8 heteroatoms. The zero-order valence-electron chi connectivity index (χ0n) is 21.2. The molecule has 2 heterocycles. The molecule has 3 fully saturated rings. The Morgan fingerprint density at radius 2 is 1.65 bits per heavy atom. The normalized spacial score (nSPS) is 19.9. The molecule has 2 aromatic rings. The van der Waals surface area contributed by atoms with Gasteiger partial charge in [0, 0.05) is 30.9 Å². The second kappa shape index (κ2) is 11.8. The molecule has 0 spiro atoms. The van der Waals surface area contributed by atoms with Gasteiger partial charge in [-0.1, -0.05) is 17.7 Å². The molecule has 37 heavy (non-hydrogen) atoms. The van der Waals surface area contributed by atoms with E-state index < -0.39 is 23.8 Å². The van der Waals surface area contributed by atoms with Crippen molar-refractivity contribution in [3.05, 3.63) is 58.6 Å². The predicted octanol–water partition coefficient (Wildman–Crippen LogP) is 4.37. The van der Waals surface area contributed by atoms with E-state index in [1.54, 1.807) is 30.3 Å². The predicted molar refractivity (Wildman–Crippen MR) is 145 cm³/mol. The highest BCUT2D eigenvalue weighted by molar-refractivity contribution is 6.42. The molecule has 2 saturated heterocycles. The summed E-state index contributed by atoms with van der Waals surface area (Å²) < 4.78 is 5.81. The highest BCUT2D eigenvalue weighted by atomic mass is 35.5. The maximum atomic E-state index is 13.1. The summed E-state index contributed by atoms with van der Waals surface area (Å²) in [5.74, 6) is -0.716. The number of piperidine rings is 1. The minimum atomic E-state index is -1.02. The molecule has 0 aromatic heterocycles. The first-order valence-electron chi connectivity index (χ1n) is 13.5. The van der Waals surface area contributed by atoms with Gasteiger partial charge in [0.25, 0.3) is 5.91 Å². The maximum Gasteiger partial charge on any atom is 0.292 e. The Bertz CT molecular complexity index is 1090. The number of carbonyl (C=O) groups excluding carboxylic acids is 2. The van der Waals surface area contributed by atoms with Crippen LogP contribution in [0, 0.1) is 0 Å². The summed E-state index contributed by atoms with van der Waals surface area (Å²) in [5, 5.41) is 14.5. The number of ketones is 1. The fourth-order valence-electron chi connectivity index (χ4n) is 5.20. The molecule has 0 radical (unpaired) electrons. The van der Waals surface area contributed by atoms with Gasteiger partial charge in [-0.2, -0.15) is 0 Å². The Hall–Kier alpha value is -2.61. The number of amides is 1. The second-order valence-electron chi connectivity index (χ2n) is 10.5. The molecule has 198 valence electrons. The van der Waals surface area contributed by atoms with Crippen LogP contribution in [-0.4, -0.2) is 66.6 Å². The molecular formula is C29H36ClN3O4. The van der Waals surface area contributed by atoms with Gasteiger partial charge < -0.3 is 25.0 Å². The average molecular weight is 526 g/mol. The Labute approximate surface area is 223 Å². The summed E-state index contributed by atoms with van der Waals surface area (Å²) >= 11 is 6.43. The minimum absolute atomic E-state index is 0.218. The third-order valence-electron chi connectivity index (χ3n) is 7.52. The van der Waals surface area contributed by atoms with E-state index in [0.29, 0.717) is 28.4 Å². The second-order valence-corrected chi connectivity index (χ2v) is 10.9. The largest absolute Gasteiger partial charge is 0.489 e. The number of halogens is 1. The lowest BCUT2D eigenvalue weighted by molar-refractivity contribution is -0.118. The van der Waals surface area contributed by atoms with Crippen LogP contribution in [0.5, 0.6) is 5.75 Å². The Morgan fingerprint density at radius 1 is 0.973 bits per heavy atom. The van der Waals surface area contributed by atoms with E-state index in [-0.39, 0.29) is 6.10 Å². The number of aliphatic hydroxyl groups is 1. The van der Waals surface area contributed by atoms with Crippen LogP contribution in [0.25, 0.3) is 0 Å². The first-order valence-corrected chi connectivity index (χ1v) is 13.9. The van der Waals surface area contributed by atoms with E-state index in [2.05, 4.69) is 15.1 Å². The number of anilines is 1. The smallest absolute Gasteiger partial charge is 0.292 e. The fraction of sp³-hybridized carbons (Fsp3) is 0.517. The topological polar surface area (TPSA) is 82.1 Å². The van der Waals surface area contributed by atoms with Crippen molar-refractivity contribution in [1.29, 1.82) is 0 Å². The summed E-state index contributed by atoms with van der Waals surface area (Å²) in [7, 11) is 0. The number of hydrogen-bond donors (Lipinski definition) is 2. The Morgan fingerprint density at radius 3 is 2.30 bits per heavy atom. The lowest BCUT2D eigenvalue weighted by Crippen LogP contribution is -2.48. The zero-order valence-corrected chi connectivity index (χ0v) is 22.0. The van der Waals surface area contributed by atoms with Crippen molar-refractivity contribution in [1.82, 2.24) is 10.2 Å². The molecule has 2 aliphatic heterocycles. The summed E-state index contributed by atoms with van der Waals surface area (Å²) in [5.41, 5.74) is 2.00. The molecule has 0 bridgehead atoms. The van der Waals surface area contributed by atoms with Crippen molar-refractivity contribution in [3.8, 4) is 5.75 Å². The average Bonchev–Trinajstić information content (AvgIpc) is 3.60. The molecule has 2 atom stereocenters. The highest BCUT2D eigenvalue weighted by Gasteiger charge is 2.30. The number of Topliss-reactive ketones (excluding diaryl/α,β-unsaturated/α-hetero) is 1. The Kier molecular flexibility index (Phi) is 8.33. The van der Waals surface area contributed by atoms with Crippen molar-refractivity contribution in [2.75, 3.05) is 37.6 Å². The number of hydrogen-bond acceptors (Lipinski definition) is 6. The van der Waals surface area contributed by atoms with E-state index in [1.165, 1.54) is 19.3 Å². The van der Waals surface area contributed by atoms with Crippen LogP contribution >= 0.6 is 11.6 Å². The third-order valence-corrected chi connectivity index (χ3v) is 7.82. The molecular weight excluding hydrogens is 490 g/mol. The number of carbonyl (C=O) groups is 2. The number of rotatable bonds is 10. The maximum absolute atomic E-state index is 13.1. The first-order chi connectivity index (χ1) is 18.0. The summed E-state index contributed by atoms with van der Waals surface area (Å²) in [4.78, 5) is 30.6. The molecule has 7 nitrogen and oxygen atoms in total. The number of nitrogens with zero attached hydrogens (tertiary/aromatic N) is 2. The van der Waals surface area contributed by atoms with E-state index in [4.69, 9.17) is 16.3 Å². The molecule has 2 unspecified atom stereocenters. The van der Waals surface area contributed by atoms with Crippen molar-refractivity contribution >= 4 is 29.0 Å². The van der Waals surface area contributed by atoms with Gasteiger partial charge in [0.05, 0.1) is 17.2 Å². The monoisotopic (exact) mass is 525 g/mol. The van der Waals surface area contributed by atoms with Gasteiger partial charge >= 0.3 is 0 Å².